The largest absolute Gasteiger partial charge is 0.494 e. The molecule has 5 rings (SSSR count). The Morgan fingerprint density at radius 2 is 1.78 bits per heavy atom. The Morgan fingerprint density at radius 3 is 2.36 bits per heavy atom. The number of aromatic amines is 1. The van der Waals surface area contributed by atoms with Crippen LogP contribution in [0.3, 0.4) is 0 Å². The summed E-state index contributed by atoms with van der Waals surface area (Å²) in [5, 5.41) is 14.4. The molecule has 1 aliphatic heterocycles. The molecule has 3 heterocycles. The summed E-state index contributed by atoms with van der Waals surface area (Å²) < 4.78 is 24.3. The van der Waals surface area contributed by atoms with Crippen molar-refractivity contribution in [2.24, 2.45) is 0 Å². The average molecular weight is 490 g/mol. The highest BCUT2D eigenvalue weighted by molar-refractivity contribution is 6.10. The summed E-state index contributed by atoms with van der Waals surface area (Å²) in [6, 6.07) is 8.86. The van der Waals surface area contributed by atoms with Gasteiger partial charge in [-0.2, -0.15) is 5.26 Å². The average Bonchev–Trinajstić information content (AvgIpc) is 3.15. The highest BCUT2D eigenvalue weighted by Gasteiger charge is 2.39. The van der Waals surface area contributed by atoms with Gasteiger partial charge < -0.3 is 24.5 Å². The first-order valence-corrected chi connectivity index (χ1v) is 12.2. The number of nitrogens with one attached hydrogen (secondary N) is 2. The molecule has 0 bridgehead atoms. The van der Waals surface area contributed by atoms with Crippen molar-refractivity contribution in [1.29, 1.82) is 5.26 Å². The van der Waals surface area contributed by atoms with Gasteiger partial charge in [-0.3, -0.25) is 4.79 Å². The number of H-pyrrole nitrogens is 1. The summed E-state index contributed by atoms with van der Waals surface area (Å²) in [5.74, 6) is -0.131. The van der Waals surface area contributed by atoms with Gasteiger partial charge in [-0.1, -0.05) is 6.07 Å². The van der Waals surface area contributed by atoms with E-state index in [1.165, 1.54) is 7.11 Å². The van der Waals surface area contributed by atoms with Crippen LogP contribution in [-0.4, -0.2) is 40.8 Å². The number of hydrogen-bond acceptors (Lipinski definition) is 5. The molecule has 8 heteroatoms. The van der Waals surface area contributed by atoms with E-state index in [0.29, 0.717) is 52.0 Å². The van der Waals surface area contributed by atoms with Gasteiger partial charge in [-0.15, -0.1) is 0 Å². The Morgan fingerprint density at radius 1 is 1.11 bits per heavy atom. The van der Waals surface area contributed by atoms with Gasteiger partial charge >= 0.3 is 0 Å². The van der Waals surface area contributed by atoms with Crippen LogP contribution in [0.5, 0.6) is 5.75 Å². The molecule has 0 atom stereocenters. The second-order valence-corrected chi connectivity index (χ2v) is 11.4. The second kappa shape index (κ2) is 7.97. The molecule has 0 saturated carbocycles. The predicted molar refractivity (Wildman–Crippen MR) is 143 cm³/mol. The fraction of sp³-hybridized carbons (Fsp3) is 0.429. The van der Waals surface area contributed by atoms with Crippen LogP contribution in [0.1, 0.15) is 53.1 Å². The second-order valence-electron chi connectivity index (χ2n) is 11.4. The van der Waals surface area contributed by atoms with Crippen molar-refractivity contribution in [3.63, 3.8) is 0 Å². The van der Waals surface area contributed by atoms with Crippen LogP contribution in [0, 0.1) is 17.1 Å². The van der Waals surface area contributed by atoms with Crippen LogP contribution in [0.2, 0.25) is 0 Å². The van der Waals surface area contributed by atoms with E-state index >= 15 is 4.39 Å². The number of fused-ring (bicyclic) bond motifs is 4. The first-order chi connectivity index (χ1) is 16.9. The van der Waals surface area contributed by atoms with Gasteiger partial charge in [0.05, 0.1) is 35.0 Å². The summed E-state index contributed by atoms with van der Waals surface area (Å²) in [4.78, 5) is 19.2. The standard InChI is InChI=1S/C28H32FN5O2/c1-15(2)34-23-18(25(35)21-17-9-8-16(12-30)10-19(17)31-26(21)34)11-20(36-7)24(22(23)29)33-13-27(3,4)32-28(5,6)14-33/h8-11,15,31-32H,13-14H2,1-7H3. The predicted octanol–water partition coefficient (Wildman–Crippen LogP) is 5.20. The molecule has 0 aliphatic carbocycles. The maximum atomic E-state index is 16.7. The van der Waals surface area contributed by atoms with Crippen molar-refractivity contribution in [2.75, 3.05) is 25.1 Å². The number of hydrogen-bond donors (Lipinski definition) is 2. The molecule has 0 radical (unpaired) electrons. The normalized spacial score (nSPS) is 17.3. The van der Waals surface area contributed by atoms with Crippen molar-refractivity contribution >= 4 is 38.5 Å². The maximum Gasteiger partial charge on any atom is 0.199 e. The van der Waals surface area contributed by atoms with Crippen LogP contribution >= 0.6 is 0 Å². The number of halogens is 1. The molecule has 7 nitrogen and oxygen atoms in total. The zero-order valence-electron chi connectivity index (χ0n) is 21.8. The van der Waals surface area contributed by atoms with Crippen molar-refractivity contribution in [1.82, 2.24) is 14.9 Å². The van der Waals surface area contributed by atoms with E-state index in [1.807, 2.05) is 23.3 Å². The molecular formula is C28H32FN5O2. The number of nitriles is 1. The van der Waals surface area contributed by atoms with E-state index in [9.17, 15) is 10.1 Å². The van der Waals surface area contributed by atoms with E-state index in [1.54, 1.807) is 24.3 Å². The van der Waals surface area contributed by atoms with Crippen LogP contribution in [0.15, 0.2) is 29.1 Å². The van der Waals surface area contributed by atoms with Crippen LogP contribution < -0.4 is 20.4 Å². The lowest BCUT2D eigenvalue weighted by Gasteiger charge is -2.49. The van der Waals surface area contributed by atoms with Crippen molar-refractivity contribution in [2.45, 2.75) is 58.7 Å². The van der Waals surface area contributed by atoms with Gasteiger partial charge in [0.15, 0.2) is 11.2 Å². The van der Waals surface area contributed by atoms with Gasteiger partial charge in [-0.05, 0) is 59.7 Å². The summed E-state index contributed by atoms with van der Waals surface area (Å²) >= 11 is 0. The summed E-state index contributed by atoms with van der Waals surface area (Å²) in [5.41, 5.74) is 1.53. The molecular weight excluding hydrogens is 457 g/mol. The summed E-state index contributed by atoms with van der Waals surface area (Å²) in [6.07, 6.45) is 0. The fourth-order valence-electron chi connectivity index (χ4n) is 6.05. The lowest BCUT2D eigenvalue weighted by atomic mass is 9.90. The number of nitrogens with zero attached hydrogens (tertiary/aromatic N) is 3. The third kappa shape index (κ3) is 3.61. The highest BCUT2D eigenvalue weighted by Crippen LogP contribution is 2.41. The Hall–Kier alpha value is -3.57. The van der Waals surface area contributed by atoms with Gasteiger partial charge in [0.2, 0.25) is 0 Å². The van der Waals surface area contributed by atoms with Crippen molar-refractivity contribution in [3.05, 3.63) is 45.9 Å². The number of piperazine rings is 1. The van der Waals surface area contributed by atoms with E-state index in [2.05, 4.69) is 44.1 Å². The van der Waals surface area contributed by atoms with Gasteiger partial charge in [0.1, 0.15) is 17.1 Å². The molecule has 188 valence electrons. The Labute approximate surface area is 209 Å². The monoisotopic (exact) mass is 489 g/mol. The minimum Gasteiger partial charge on any atom is -0.494 e. The quantitative estimate of drug-likeness (QED) is 0.413. The van der Waals surface area contributed by atoms with Gasteiger partial charge in [-0.25, -0.2) is 4.39 Å². The molecule has 0 spiro atoms. The summed E-state index contributed by atoms with van der Waals surface area (Å²) in [6.45, 7) is 13.5. The molecule has 2 aromatic carbocycles. The number of rotatable bonds is 3. The minimum absolute atomic E-state index is 0.147. The Bertz CT molecular complexity index is 1620. The highest BCUT2D eigenvalue weighted by atomic mass is 19.1. The zero-order chi connectivity index (χ0) is 26.2. The number of anilines is 1. The molecule has 0 amide bonds. The van der Waals surface area contributed by atoms with E-state index < -0.39 is 5.82 Å². The number of benzene rings is 2. The van der Waals surface area contributed by atoms with Crippen LogP contribution in [0.4, 0.5) is 10.1 Å². The van der Waals surface area contributed by atoms with Crippen LogP contribution in [-0.2, 0) is 0 Å². The third-order valence-corrected chi connectivity index (χ3v) is 6.94. The third-order valence-electron chi connectivity index (χ3n) is 6.94. The summed E-state index contributed by atoms with van der Waals surface area (Å²) in [7, 11) is 1.51. The Balaban J connectivity index is 1.91. The lowest BCUT2D eigenvalue weighted by Crippen LogP contribution is -2.67. The maximum absolute atomic E-state index is 16.7. The minimum atomic E-state index is -0.470. The zero-order valence-corrected chi connectivity index (χ0v) is 21.8. The van der Waals surface area contributed by atoms with Crippen molar-refractivity contribution in [3.8, 4) is 11.8 Å². The first-order valence-electron chi connectivity index (χ1n) is 12.2. The molecule has 1 fully saturated rings. The van der Waals surface area contributed by atoms with Crippen molar-refractivity contribution < 1.29 is 9.13 Å². The molecule has 1 aliphatic rings. The molecule has 0 unspecified atom stereocenters. The van der Waals surface area contributed by atoms with E-state index in [4.69, 9.17) is 4.74 Å². The molecule has 2 aromatic heterocycles. The number of aromatic nitrogens is 2. The first kappa shape index (κ1) is 24.1. The Kier molecular flexibility index (Phi) is 5.34. The molecule has 4 aromatic rings. The van der Waals surface area contributed by atoms with E-state index in [-0.39, 0.29) is 33.5 Å². The molecule has 36 heavy (non-hydrogen) atoms. The van der Waals surface area contributed by atoms with Crippen LogP contribution in [0.25, 0.3) is 32.8 Å². The molecule has 2 N–H and O–H groups in total. The SMILES string of the molecule is COc1cc2c(=O)c3c4ccc(C#N)cc4[nH]c3n(C(C)C)c2c(F)c1N1CC(C)(C)NC(C)(C)C1. The number of pyridine rings is 1. The smallest absolute Gasteiger partial charge is 0.199 e. The van der Waals surface area contributed by atoms with E-state index in [0.717, 1.165) is 0 Å². The number of ether oxygens (including phenoxy) is 1. The molecule has 1 saturated heterocycles. The van der Waals surface area contributed by atoms with Gasteiger partial charge in [0, 0.05) is 41.1 Å². The van der Waals surface area contributed by atoms with Gasteiger partial charge in [0.25, 0.3) is 0 Å². The lowest BCUT2D eigenvalue weighted by molar-refractivity contribution is 0.224. The number of methoxy groups -OCH3 is 1. The fourth-order valence-corrected chi connectivity index (χ4v) is 6.05. The topological polar surface area (TPSA) is 86.1 Å².